The molecule has 104 valence electrons. The van der Waals surface area contributed by atoms with Gasteiger partial charge in [0.15, 0.2) is 0 Å². The topological polar surface area (TPSA) is 12.0 Å². The number of halogens is 3. The van der Waals surface area contributed by atoms with Gasteiger partial charge in [0.2, 0.25) is 0 Å². The second kappa shape index (κ2) is 5.51. The Labute approximate surface area is 121 Å². The number of hydrogen-bond acceptors (Lipinski definition) is 1. The van der Waals surface area contributed by atoms with E-state index in [1.807, 2.05) is 0 Å². The maximum Gasteiger partial charge on any atom is 0.131 e. The molecule has 20 heavy (non-hydrogen) atoms. The molecule has 3 rings (SSSR count). The molecule has 0 saturated heterocycles. The molecule has 1 saturated carbocycles. The molecular weight excluding hydrogens is 280 g/mol. The van der Waals surface area contributed by atoms with E-state index >= 15 is 0 Å². The lowest BCUT2D eigenvalue weighted by Crippen LogP contribution is -2.16. The second-order valence-corrected chi connectivity index (χ2v) is 5.52. The molecule has 0 amide bonds. The van der Waals surface area contributed by atoms with Crippen molar-refractivity contribution >= 4 is 11.6 Å². The smallest absolute Gasteiger partial charge is 0.131 e. The van der Waals surface area contributed by atoms with Gasteiger partial charge in [0.05, 0.1) is 0 Å². The van der Waals surface area contributed by atoms with Crippen molar-refractivity contribution in [2.24, 2.45) is 0 Å². The van der Waals surface area contributed by atoms with E-state index in [0.29, 0.717) is 23.2 Å². The summed E-state index contributed by atoms with van der Waals surface area (Å²) in [6.07, 6.45) is 2.34. The van der Waals surface area contributed by atoms with Crippen LogP contribution in [0.3, 0.4) is 0 Å². The van der Waals surface area contributed by atoms with Crippen molar-refractivity contribution in [3.63, 3.8) is 0 Å². The number of benzene rings is 2. The Morgan fingerprint density at radius 3 is 2.60 bits per heavy atom. The van der Waals surface area contributed by atoms with Crippen LogP contribution in [0, 0.1) is 11.6 Å². The average molecular weight is 294 g/mol. The van der Waals surface area contributed by atoms with Crippen LogP contribution in [-0.2, 0) is 6.54 Å². The molecule has 0 aliphatic heterocycles. The first-order valence-electron chi connectivity index (χ1n) is 6.61. The predicted octanol–water partition coefficient (Wildman–Crippen LogP) is 4.54. The molecule has 0 heterocycles. The zero-order valence-corrected chi connectivity index (χ0v) is 11.6. The third kappa shape index (κ3) is 3.00. The van der Waals surface area contributed by atoms with Crippen molar-refractivity contribution in [2.75, 3.05) is 0 Å². The van der Waals surface area contributed by atoms with Gasteiger partial charge in [0.1, 0.15) is 11.6 Å². The van der Waals surface area contributed by atoms with Crippen LogP contribution in [-0.4, -0.2) is 6.04 Å². The minimum atomic E-state index is -0.447. The van der Waals surface area contributed by atoms with Crippen molar-refractivity contribution in [1.82, 2.24) is 5.32 Å². The van der Waals surface area contributed by atoms with Gasteiger partial charge in [0.25, 0.3) is 0 Å². The molecule has 1 nitrogen and oxygen atoms in total. The van der Waals surface area contributed by atoms with Crippen LogP contribution in [0.15, 0.2) is 36.4 Å². The summed E-state index contributed by atoms with van der Waals surface area (Å²) in [6.45, 7) is 0.608. The molecule has 0 radical (unpaired) electrons. The highest BCUT2D eigenvalue weighted by molar-refractivity contribution is 6.30. The predicted molar refractivity (Wildman–Crippen MR) is 76.7 cm³/mol. The van der Waals surface area contributed by atoms with Gasteiger partial charge in [-0.2, -0.15) is 0 Å². The van der Waals surface area contributed by atoms with E-state index < -0.39 is 11.6 Å². The summed E-state index contributed by atoms with van der Waals surface area (Å²) in [5.41, 5.74) is 1.84. The molecule has 1 N–H and O–H groups in total. The van der Waals surface area contributed by atoms with Crippen molar-refractivity contribution in [3.8, 4) is 11.1 Å². The molecule has 1 aliphatic carbocycles. The normalized spacial score (nSPS) is 14.6. The molecule has 0 aromatic heterocycles. The van der Waals surface area contributed by atoms with Crippen molar-refractivity contribution < 1.29 is 8.78 Å². The van der Waals surface area contributed by atoms with Gasteiger partial charge in [-0.1, -0.05) is 17.7 Å². The van der Waals surface area contributed by atoms with Crippen LogP contribution < -0.4 is 5.32 Å². The minimum Gasteiger partial charge on any atom is -0.310 e. The quantitative estimate of drug-likeness (QED) is 0.873. The minimum absolute atomic E-state index is 0.272. The van der Waals surface area contributed by atoms with E-state index in [2.05, 4.69) is 5.32 Å². The van der Waals surface area contributed by atoms with E-state index in [1.54, 1.807) is 18.2 Å². The highest BCUT2D eigenvalue weighted by atomic mass is 35.5. The van der Waals surface area contributed by atoms with Crippen LogP contribution in [0.4, 0.5) is 8.78 Å². The highest BCUT2D eigenvalue weighted by Crippen LogP contribution is 2.30. The largest absolute Gasteiger partial charge is 0.310 e. The summed E-state index contributed by atoms with van der Waals surface area (Å²) in [5.74, 6) is -0.876. The molecule has 1 aliphatic rings. The van der Waals surface area contributed by atoms with Gasteiger partial charge in [-0.15, -0.1) is 0 Å². The lowest BCUT2D eigenvalue weighted by atomic mass is 9.99. The van der Waals surface area contributed by atoms with E-state index in [0.717, 1.165) is 17.7 Å². The maximum absolute atomic E-state index is 13.9. The molecule has 2 aromatic rings. The summed E-state index contributed by atoms with van der Waals surface area (Å²) >= 11 is 6.01. The summed E-state index contributed by atoms with van der Waals surface area (Å²) in [6, 6.07) is 9.27. The first-order chi connectivity index (χ1) is 9.63. The average Bonchev–Trinajstić information content (AvgIpc) is 3.24. The first kappa shape index (κ1) is 13.5. The number of rotatable bonds is 4. The Kier molecular flexibility index (Phi) is 3.72. The fourth-order valence-corrected chi connectivity index (χ4v) is 2.41. The summed E-state index contributed by atoms with van der Waals surface area (Å²) in [7, 11) is 0. The van der Waals surface area contributed by atoms with Crippen LogP contribution in [0.2, 0.25) is 5.02 Å². The van der Waals surface area contributed by atoms with Crippen LogP contribution in [0.5, 0.6) is 0 Å². The van der Waals surface area contributed by atoms with Crippen LogP contribution in [0.25, 0.3) is 11.1 Å². The zero-order valence-electron chi connectivity index (χ0n) is 10.8. The summed E-state index contributed by atoms with van der Waals surface area (Å²) < 4.78 is 27.3. The fraction of sp³-hybridized carbons (Fsp3) is 0.250. The Bertz CT molecular complexity index is 638. The Morgan fingerprint density at radius 1 is 1.05 bits per heavy atom. The third-order valence-corrected chi connectivity index (χ3v) is 3.68. The van der Waals surface area contributed by atoms with Gasteiger partial charge in [-0.3, -0.25) is 0 Å². The Morgan fingerprint density at radius 2 is 1.85 bits per heavy atom. The SMILES string of the molecule is Fc1ccc(F)c(-c2ccc(Cl)cc2CNC2CC2)c1. The van der Waals surface area contributed by atoms with Gasteiger partial charge < -0.3 is 5.32 Å². The van der Waals surface area contributed by atoms with E-state index in [-0.39, 0.29) is 5.56 Å². The van der Waals surface area contributed by atoms with Gasteiger partial charge in [-0.25, -0.2) is 8.78 Å². The first-order valence-corrected chi connectivity index (χ1v) is 6.98. The number of nitrogens with one attached hydrogen (secondary N) is 1. The summed E-state index contributed by atoms with van der Waals surface area (Å²) in [5, 5.41) is 3.97. The fourth-order valence-electron chi connectivity index (χ4n) is 2.22. The second-order valence-electron chi connectivity index (χ2n) is 5.08. The standard InChI is InChI=1S/C16H14ClF2N/c17-11-1-5-14(10(7-11)9-20-13-3-4-13)15-8-12(18)2-6-16(15)19/h1-2,5-8,13,20H,3-4,9H2. The van der Waals surface area contributed by atoms with Crippen molar-refractivity contribution in [3.05, 3.63) is 58.6 Å². The van der Waals surface area contributed by atoms with Gasteiger partial charge in [0, 0.05) is 23.2 Å². The summed E-state index contributed by atoms with van der Waals surface area (Å²) in [4.78, 5) is 0. The Hall–Kier alpha value is -1.45. The molecule has 0 bridgehead atoms. The van der Waals surface area contributed by atoms with E-state index in [1.165, 1.54) is 18.9 Å². The lowest BCUT2D eigenvalue weighted by Gasteiger charge is -2.12. The van der Waals surface area contributed by atoms with Crippen LogP contribution in [0.1, 0.15) is 18.4 Å². The monoisotopic (exact) mass is 293 g/mol. The van der Waals surface area contributed by atoms with E-state index in [9.17, 15) is 8.78 Å². The van der Waals surface area contributed by atoms with Crippen LogP contribution >= 0.6 is 11.6 Å². The molecule has 2 aromatic carbocycles. The molecule has 1 fully saturated rings. The Balaban J connectivity index is 1.99. The van der Waals surface area contributed by atoms with Gasteiger partial charge >= 0.3 is 0 Å². The third-order valence-electron chi connectivity index (χ3n) is 3.44. The molecule has 0 spiro atoms. The van der Waals surface area contributed by atoms with E-state index in [4.69, 9.17) is 11.6 Å². The van der Waals surface area contributed by atoms with Crippen molar-refractivity contribution in [1.29, 1.82) is 0 Å². The van der Waals surface area contributed by atoms with Crippen molar-refractivity contribution in [2.45, 2.75) is 25.4 Å². The lowest BCUT2D eigenvalue weighted by molar-refractivity contribution is 0.602. The van der Waals surface area contributed by atoms with Gasteiger partial charge in [-0.05, 0) is 54.3 Å². The zero-order chi connectivity index (χ0) is 14.1. The maximum atomic E-state index is 13.9. The molecule has 0 unspecified atom stereocenters. The highest BCUT2D eigenvalue weighted by Gasteiger charge is 2.21. The molecule has 0 atom stereocenters. The molecule has 4 heteroatoms. The number of hydrogen-bond donors (Lipinski definition) is 1. The molecular formula is C16H14ClF2N.